The molecule has 132 valence electrons. The van der Waals surface area contributed by atoms with Gasteiger partial charge in [0.15, 0.2) is 26.5 Å². The van der Waals surface area contributed by atoms with Crippen LogP contribution in [0.25, 0.3) is 11.3 Å². The molecular weight excluding hydrogens is 367 g/mol. The van der Waals surface area contributed by atoms with E-state index in [0.717, 1.165) is 0 Å². The second-order valence-corrected chi connectivity index (χ2v) is 9.23. The topological polar surface area (TPSA) is 76.6 Å². The molecule has 1 aromatic heterocycles. The largest absolute Gasteiger partial charge is 0.494 e. The van der Waals surface area contributed by atoms with E-state index in [1.165, 1.54) is 35.5 Å². The first-order valence-electron chi connectivity index (χ1n) is 7.70. The van der Waals surface area contributed by atoms with Crippen LogP contribution in [0.4, 0.5) is 9.52 Å². The van der Waals surface area contributed by atoms with E-state index in [1.807, 2.05) is 0 Å². The molecule has 9 heteroatoms. The van der Waals surface area contributed by atoms with Gasteiger partial charge in [-0.1, -0.05) is 0 Å². The highest BCUT2D eigenvalue weighted by atomic mass is 32.2. The molecule has 1 amide bonds. The number of carbonyl (C=O) groups is 1. The van der Waals surface area contributed by atoms with E-state index in [0.29, 0.717) is 16.4 Å². The second-order valence-electron chi connectivity index (χ2n) is 6.24. The van der Waals surface area contributed by atoms with Crippen molar-refractivity contribution >= 4 is 32.2 Å². The average Bonchev–Trinajstić information content (AvgIpc) is 3.19. The minimum atomic E-state index is -3.11. The predicted octanol–water partition coefficient (Wildman–Crippen LogP) is 2.11. The quantitative estimate of drug-likeness (QED) is 0.813. The molecule has 2 aliphatic rings. The van der Waals surface area contributed by atoms with Crippen molar-refractivity contribution in [2.24, 2.45) is 5.92 Å². The molecule has 2 aromatic rings. The Morgan fingerprint density at radius 2 is 2.16 bits per heavy atom. The van der Waals surface area contributed by atoms with Gasteiger partial charge in [-0.3, -0.25) is 9.69 Å². The highest BCUT2D eigenvalue weighted by molar-refractivity contribution is 7.91. The number of amides is 1. The van der Waals surface area contributed by atoms with E-state index < -0.39 is 15.7 Å². The molecule has 0 radical (unpaired) electrons. The molecule has 2 aliphatic heterocycles. The summed E-state index contributed by atoms with van der Waals surface area (Å²) in [5.41, 5.74) is 1.11. The fraction of sp³-hybridized carbons (Fsp3) is 0.375. The maximum absolute atomic E-state index is 13.9. The molecule has 0 bridgehead atoms. The van der Waals surface area contributed by atoms with Crippen molar-refractivity contribution in [3.63, 3.8) is 0 Å². The van der Waals surface area contributed by atoms with Crippen LogP contribution in [0, 0.1) is 11.7 Å². The smallest absolute Gasteiger partial charge is 0.229 e. The number of methoxy groups -OCH3 is 1. The van der Waals surface area contributed by atoms with Crippen LogP contribution in [-0.2, 0) is 14.6 Å². The van der Waals surface area contributed by atoms with Crippen LogP contribution < -0.4 is 9.64 Å². The van der Waals surface area contributed by atoms with Crippen LogP contribution in [0.5, 0.6) is 5.75 Å². The van der Waals surface area contributed by atoms with Crippen LogP contribution in [0.3, 0.4) is 0 Å². The van der Waals surface area contributed by atoms with E-state index in [9.17, 15) is 17.6 Å². The molecule has 0 saturated carbocycles. The minimum absolute atomic E-state index is 0.0184. The Balaban J connectivity index is 1.65. The van der Waals surface area contributed by atoms with Crippen LogP contribution >= 0.6 is 11.3 Å². The second kappa shape index (κ2) is 5.77. The van der Waals surface area contributed by atoms with E-state index in [1.54, 1.807) is 11.4 Å². The molecule has 3 heterocycles. The SMILES string of the molecule is COc1ccc(-c2csc(N3C(=O)C[C@@H]4CS(=O)(=O)C[C@@H]43)n2)cc1F. The van der Waals surface area contributed by atoms with E-state index in [4.69, 9.17) is 4.74 Å². The summed E-state index contributed by atoms with van der Waals surface area (Å²) in [6.07, 6.45) is 0.232. The lowest BCUT2D eigenvalue weighted by Gasteiger charge is -2.19. The number of halogens is 1. The molecule has 2 fully saturated rings. The Morgan fingerprint density at radius 1 is 1.36 bits per heavy atom. The van der Waals surface area contributed by atoms with Crippen molar-refractivity contribution in [3.05, 3.63) is 29.4 Å². The zero-order valence-corrected chi connectivity index (χ0v) is 14.9. The van der Waals surface area contributed by atoms with Gasteiger partial charge < -0.3 is 4.74 Å². The van der Waals surface area contributed by atoms with Crippen LogP contribution in [0.15, 0.2) is 23.6 Å². The zero-order chi connectivity index (χ0) is 17.8. The molecule has 0 spiro atoms. The summed E-state index contributed by atoms with van der Waals surface area (Å²) < 4.78 is 42.5. The number of benzene rings is 1. The first kappa shape index (κ1) is 16.5. The highest BCUT2D eigenvalue weighted by Crippen LogP contribution is 2.39. The van der Waals surface area contributed by atoms with Gasteiger partial charge in [0.2, 0.25) is 5.91 Å². The average molecular weight is 382 g/mol. The number of ether oxygens (including phenoxy) is 1. The van der Waals surface area contributed by atoms with Crippen molar-refractivity contribution in [2.75, 3.05) is 23.5 Å². The summed E-state index contributed by atoms with van der Waals surface area (Å²) in [6.45, 7) is 0. The summed E-state index contributed by atoms with van der Waals surface area (Å²) in [6, 6.07) is 4.19. The van der Waals surface area contributed by atoms with Gasteiger partial charge in [-0.25, -0.2) is 17.8 Å². The molecule has 6 nitrogen and oxygen atoms in total. The van der Waals surface area contributed by atoms with Gasteiger partial charge in [0.1, 0.15) is 0 Å². The maximum atomic E-state index is 13.9. The summed E-state index contributed by atoms with van der Waals surface area (Å²) in [5.74, 6) is -0.575. The molecule has 25 heavy (non-hydrogen) atoms. The first-order chi connectivity index (χ1) is 11.9. The number of rotatable bonds is 3. The monoisotopic (exact) mass is 382 g/mol. The van der Waals surface area contributed by atoms with E-state index in [-0.39, 0.29) is 41.5 Å². The number of fused-ring (bicyclic) bond motifs is 1. The summed E-state index contributed by atoms with van der Waals surface area (Å²) in [5, 5.41) is 2.20. The molecule has 0 unspecified atom stereocenters. The zero-order valence-electron chi connectivity index (χ0n) is 13.3. The Kier molecular flexibility index (Phi) is 3.80. The molecule has 2 saturated heterocycles. The lowest BCUT2D eigenvalue weighted by Crippen LogP contribution is -2.36. The fourth-order valence-corrected chi connectivity index (χ4v) is 6.45. The van der Waals surface area contributed by atoms with Crippen molar-refractivity contribution in [2.45, 2.75) is 12.5 Å². The van der Waals surface area contributed by atoms with Gasteiger partial charge >= 0.3 is 0 Å². The number of sulfone groups is 1. The molecule has 2 atom stereocenters. The van der Waals surface area contributed by atoms with Gasteiger partial charge in [0, 0.05) is 23.3 Å². The summed E-state index contributed by atoms with van der Waals surface area (Å²) in [4.78, 5) is 18.2. The van der Waals surface area contributed by atoms with Crippen molar-refractivity contribution in [3.8, 4) is 17.0 Å². The van der Waals surface area contributed by atoms with Gasteiger partial charge in [-0.2, -0.15) is 0 Å². The van der Waals surface area contributed by atoms with E-state index in [2.05, 4.69) is 4.98 Å². The third-order valence-electron chi connectivity index (χ3n) is 4.62. The number of thiazole rings is 1. The van der Waals surface area contributed by atoms with E-state index >= 15 is 0 Å². The molecule has 0 N–H and O–H groups in total. The third kappa shape index (κ3) is 2.81. The minimum Gasteiger partial charge on any atom is -0.494 e. The number of carbonyl (C=O) groups excluding carboxylic acids is 1. The van der Waals surface area contributed by atoms with Crippen LogP contribution in [-0.4, -0.2) is 44.0 Å². The standard InChI is InChI=1S/C16H15FN2O4S2/c1-23-14-3-2-9(4-11(14)17)12-6-24-16(18-12)19-13-8-25(21,22)7-10(13)5-15(19)20/h2-4,6,10,13H,5,7-8H2,1H3/t10-,13+/m1/s1. The predicted molar refractivity (Wildman–Crippen MR) is 92.1 cm³/mol. The lowest BCUT2D eigenvalue weighted by molar-refractivity contribution is -0.117. The normalized spacial score (nSPS) is 24.6. The van der Waals surface area contributed by atoms with Crippen LogP contribution in [0.2, 0.25) is 0 Å². The molecule has 0 aliphatic carbocycles. The Hall–Kier alpha value is -2.00. The number of anilines is 1. The molecule has 4 rings (SSSR count). The summed E-state index contributed by atoms with van der Waals surface area (Å²) >= 11 is 1.26. The Morgan fingerprint density at radius 3 is 2.88 bits per heavy atom. The molecular formula is C16H15FN2O4S2. The molecule has 1 aromatic carbocycles. The number of nitrogens with zero attached hydrogens (tertiary/aromatic N) is 2. The number of aromatic nitrogens is 1. The fourth-order valence-electron chi connectivity index (χ4n) is 3.47. The Labute approximate surface area is 148 Å². The maximum Gasteiger partial charge on any atom is 0.229 e. The van der Waals surface area contributed by atoms with Crippen LogP contribution in [0.1, 0.15) is 6.42 Å². The highest BCUT2D eigenvalue weighted by Gasteiger charge is 2.50. The first-order valence-corrected chi connectivity index (χ1v) is 10.4. The Bertz CT molecular complexity index is 957. The van der Waals surface area contributed by atoms with Gasteiger partial charge in [0.25, 0.3) is 0 Å². The van der Waals surface area contributed by atoms with Crippen molar-refractivity contribution < 1.29 is 22.3 Å². The van der Waals surface area contributed by atoms with Gasteiger partial charge in [-0.15, -0.1) is 11.3 Å². The van der Waals surface area contributed by atoms with Crippen molar-refractivity contribution in [1.82, 2.24) is 4.98 Å². The lowest BCUT2D eigenvalue weighted by atomic mass is 10.1. The number of hydrogen-bond donors (Lipinski definition) is 0. The van der Waals surface area contributed by atoms with Gasteiger partial charge in [0.05, 0.1) is 30.4 Å². The number of hydrogen-bond acceptors (Lipinski definition) is 6. The third-order valence-corrected chi connectivity index (χ3v) is 7.25. The summed E-state index contributed by atoms with van der Waals surface area (Å²) in [7, 11) is -1.72. The van der Waals surface area contributed by atoms with Gasteiger partial charge in [-0.05, 0) is 18.2 Å². The van der Waals surface area contributed by atoms with Crippen molar-refractivity contribution in [1.29, 1.82) is 0 Å².